The summed E-state index contributed by atoms with van der Waals surface area (Å²) in [6.45, 7) is -6.44. The fourth-order valence-electron chi connectivity index (χ4n) is 1.96. The van der Waals surface area contributed by atoms with Crippen LogP contribution in [0.25, 0.3) is 11.1 Å². The molecule has 0 heterocycles. The molecule has 0 atom stereocenters. The topological polar surface area (TPSA) is 72.8 Å². The Bertz CT molecular complexity index is 837. The molecule has 0 saturated heterocycles. The van der Waals surface area contributed by atoms with Crippen molar-refractivity contribution in [3.05, 3.63) is 57.3 Å². The van der Waals surface area contributed by atoms with E-state index in [0.717, 1.165) is 0 Å². The molecule has 0 aliphatic heterocycles. The summed E-state index contributed by atoms with van der Waals surface area (Å²) < 4.78 is 0. The highest BCUT2D eigenvalue weighted by molar-refractivity contribution is 9.77. The number of hydrogen-bond donors (Lipinski definition) is 0. The van der Waals surface area contributed by atoms with Crippen LogP contribution in [-0.4, -0.2) is 21.0 Å². The van der Waals surface area contributed by atoms with Gasteiger partial charge >= 0.3 is 0 Å². The van der Waals surface area contributed by atoms with Gasteiger partial charge in [0.25, 0.3) is 11.4 Å². The first-order chi connectivity index (χ1) is 12.8. The zero-order valence-corrected chi connectivity index (χ0v) is 22.6. The fraction of sp³-hybridized carbons (Fsp3) is 0.167. The lowest BCUT2D eigenvalue weighted by Gasteiger charge is -2.55. The summed E-state index contributed by atoms with van der Waals surface area (Å²) in [5.41, 5.74) is 18.5. The molecule has 0 aromatic carbocycles. The summed E-state index contributed by atoms with van der Waals surface area (Å²) in [5.74, 6) is 0. The molecule has 2 aliphatic rings. The van der Waals surface area contributed by atoms with E-state index >= 15 is 0 Å². The third-order valence-corrected chi connectivity index (χ3v) is 55.0. The van der Waals surface area contributed by atoms with Crippen LogP contribution < -0.4 is 0 Å². The average molecular weight is 622 g/mol. The highest BCUT2D eigenvalue weighted by Gasteiger charge is 2.60. The van der Waals surface area contributed by atoms with Gasteiger partial charge in [0.15, 0.2) is 0 Å². The molecule has 2 rings (SSSR count). The number of hydrogen-bond acceptors (Lipinski definition) is 0. The number of halogens is 8. The summed E-state index contributed by atoms with van der Waals surface area (Å²) in [7, 11) is 47.2. The smallest absolute Gasteiger partial charge is 0.295 e. The van der Waals surface area contributed by atoms with Crippen LogP contribution in [-0.2, 0) is 0 Å². The Morgan fingerprint density at radius 3 is 1.14 bits per heavy atom. The van der Waals surface area contributed by atoms with Crippen molar-refractivity contribution in [2.45, 2.75) is 12.8 Å². The summed E-state index contributed by atoms with van der Waals surface area (Å²) in [6.07, 6.45) is 9.91. The summed E-state index contributed by atoms with van der Waals surface area (Å²) >= 11 is 0. The third-order valence-electron chi connectivity index (χ3n) is 3.42. The zero-order valence-electron chi connectivity index (χ0n) is 13.3. The highest BCUT2D eigenvalue weighted by Crippen LogP contribution is 3.20. The largest absolute Gasteiger partial charge is 0.361 e. The van der Waals surface area contributed by atoms with Crippen molar-refractivity contribution in [3.8, 4) is 0 Å². The van der Waals surface area contributed by atoms with E-state index in [1.165, 1.54) is 24.3 Å². The molecular weight excluding hydrogens is 612 g/mol. The molecule has 0 aromatic heterocycles. The lowest BCUT2D eigenvalue weighted by atomic mass is 10.2. The molecule has 158 valence electrons. The molecule has 0 fully saturated rings. The molecule has 0 radical (unpaired) electrons. The Labute approximate surface area is 202 Å². The van der Waals surface area contributed by atoms with Gasteiger partial charge in [0.05, 0.1) is 12.8 Å². The molecule has 0 bridgehead atoms. The van der Waals surface area contributed by atoms with E-state index in [1.54, 1.807) is 12.2 Å². The first kappa shape index (κ1) is 25.7. The second-order valence-electron chi connectivity index (χ2n) is 5.07. The molecule has 0 aromatic rings. The normalized spacial score (nSPS) is 20.7. The van der Waals surface area contributed by atoms with E-state index < -0.39 is 28.0 Å². The van der Waals surface area contributed by atoms with E-state index in [0.29, 0.717) is 21.2 Å². The zero-order chi connectivity index (χ0) is 21.4. The van der Waals surface area contributed by atoms with E-state index in [1.807, 2.05) is 0 Å². The minimum Gasteiger partial charge on any atom is -0.361 e. The van der Waals surface area contributed by atoms with Crippen molar-refractivity contribution in [1.29, 1.82) is 0 Å². The van der Waals surface area contributed by atoms with Crippen molar-refractivity contribution >= 4 is 125 Å². The van der Waals surface area contributed by atoms with E-state index in [-0.39, 0.29) is 12.8 Å². The van der Waals surface area contributed by atoms with Crippen molar-refractivity contribution < 1.29 is 9.58 Å². The number of rotatable bonds is 5. The monoisotopic (exact) mass is 618 g/mol. The van der Waals surface area contributed by atoms with Gasteiger partial charge in [0.1, 0.15) is 0 Å². The Hall–Kier alpha value is 1.44. The minimum absolute atomic E-state index is 0.267. The average Bonchev–Trinajstić information content (AvgIpc) is 2.67. The van der Waals surface area contributed by atoms with Crippen LogP contribution in [0.3, 0.4) is 0 Å². The number of nitrogens with zero attached hydrogens (tertiary/aromatic N) is 4. The molecular formula is C12H10Cl8N4S4. The Balaban J connectivity index is 2.45. The fourth-order valence-corrected chi connectivity index (χ4v) is 46.2. The van der Waals surface area contributed by atoms with Crippen LogP contribution in [0.4, 0.5) is 0 Å². The maximum Gasteiger partial charge on any atom is 0.295 e. The first-order valence-corrected chi connectivity index (χ1v) is 21.6. The molecule has 0 N–H and O–H groups in total. The van der Waals surface area contributed by atoms with Crippen molar-refractivity contribution in [2.24, 2.45) is 0 Å². The SMILES string of the molecule is [N-]=[N+]=C1C=CC(S(Cl)(Cl)S(Cl)(Cl)S(Cl)(Cl)S(Cl)(Cl)C2=CCC(=[N+]=[N-])C=C2)=CC1. The van der Waals surface area contributed by atoms with Gasteiger partial charge in [-0.1, -0.05) is 12.2 Å². The molecule has 0 unspecified atom stereocenters. The van der Waals surface area contributed by atoms with Crippen LogP contribution in [0.2, 0.25) is 0 Å². The summed E-state index contributed by atoms with van der Waals surface area (Å²) in [5, 5.41) is 0. The molecule has 4 nitrogen and oxygen atoms in total. The van der Waals surface area contributed by atoms with Crippen molar-refractivity contribution in [1.82, 2.24) is 0 Å². The lowest BCUT2D eigenvalue weighted by Crippen LogP contribution is -2.05. The van der Waals surface area contributed by atoms with E-state index in [2.05, 4.69) is 9.58 Å². The highest BCUT2D eigenvalue weighted by atomic mass is 36.2. The molecule has 0 saturated carbocycles. The van der Waals surface area contributed by atoms with Gasteiger partial charge in [0, 0.05) is 50.0 Å². The summed E-state index contributed by atoms with van der Waals surface area (Å²) in [4.78, 5) is 7.04. The van der Waals surface area contributed by atoms with Crippen molar-refractivity contribution in [2.75, 3.05) is 0 Å². The van der Waals surface area contributed by atoms with Gasteiger partial charge in [-0.15, -0.1) is 0 Å². The minimum atomic E-state index is -3.22. The van der Waals surface area contributed by atoms with Crippen LogP contribution in [0.15, 0.2) is 46.3 Å². The predicted octanol–water partition coefficient (Wildman–Crippen LogP) is 10.2. The van der Waals surface area contributed by atoms with Gasteiger partial charge < -0.3 is 11.1 Å². The van der Waals surface area contributed by atoms with Gasteiger partial charge in [0.2, 0.25) is 0 Å². The molecule has 0 amide bonds. The van der Waals surface area contributed by atoms with Gasteiger partial charge in [-0.2, -0.15) is 9.58 Å². The second-order valence-corrected chi connectivity index (χ2v) is 39.1. The Morgan fingerprint density at radius 1 is 0.607 bits per heavy atom. The van der Waals surface area contributed by atoms with Crippen molar-refractivity contribution in [3.63, 3.8) is 0 Å². The molecule has 16 heteroatoms. The molecule has 0 spiro atoms. The quantitative estimate of drug-likeness (QED) is 0.166. The van der Waals surface area contributed by atoms with Crippen LogP contribution >= 0.6 is 113 Å². The van der Waals surface area contributed by atoms with Crippen LogP contribution in [0.1, 0.15) is 12.8 Å². The van der Waals surface area contributed by atoms with Crippen LogP contribution in [0.5, 0.6) is 0 Å². The standard InChI is InChI=1S/C12H10Cl8N4S4/c13-25(14,11-5-1-9(23-21)2-6-11)27(17,18)28(19,20)26(15,16)12-7-3-10(24-22)4-8-12/h1,3,5-8H,2,4H2. The van der Waals surface area contributed by atoms with Gasteiger partial charge in [-0.05, 0) is 97.6 Å². The maximum atomic E-state index is 8.85. The van der Waals surface area contributed by atoms with Crippen LogP contribution in [0, 0.1) is 0 Å². The number of allylic oxidation sites excluding steroid dienone is 6. The first-order valence-electron chi connectivity index (χ1n) is 6.91. The maximum absolute atomic E-state index is 8.85. The third kappa shape index (κ3) is 4.62. The Morgan fingerprint density at radius 2 is 0.929 bits per heavy atom. The van der Waals surface area contributed by atoms with Gasteiger partial charge in [-0.3, -0.25) is 0 Å². The van der Waals surface area contributed by atoms with E-state index in [9.17, 15) is 0 Å². The van der Waals surface area contributed by atoms with E-state index in [4.69, 9.17) is 96.5 Å². The second kappa shape index (κ2) is 9.51. The Kier molecular flexibility index (Phi) is 8.73. The molecule has 28 heavy (non-hydrogen) atoms. The predicted molar refractivity (Wildman–Crippen MR) is 138 cm³/mol. The summed E-state index contributed by atoms with van der Waals surface area (Å²) in [6, 6.07) is 0. The molecule has 2 aliphatic carbocycles. The lowest BCUT2D eigenvalue weighted by molar-refractivity contribution is -0.00586. The van der Waals surface area contributed by atoms with Gasteiger partial charge in [-0.25, -0.2) is 0 Å².